The van der Waals surface area contributed by atoms with Crippen molar-refractivity contribution in [2.24, 2.45) is 0 Å². The Morgan fingerprint density at radius 3 is 2.52 bits per heavy atom. The van der Waals surface area contributed by atoms with Crippen LogP contribution in [0.5, 0.6) is 17.4 Å². The molecule has 0 bridgehead atoms. The average Bonchev–Trinajstić information content (AvgIpc) is 2.70. The highest BCUT2D eigenvalue weighted by Gasteiger charge is 2.16. The van der Waals surface area contributed by atoms with Gasteiger partial charge in [-0.25, -0.2) is 9.78 Å². The molecule has 12 heteroatoms. The second-order valence-corrected chi connectivity index (χ2v) is 7.01. The van der Waals surface area contributed by atoms with E-state index in [1.807, 2.05) is 11.2 Å². The minimum Gasteiger partial charge on any atom is -0.494 e. The molecule has 0 atom stereocenters. The molecule has 9 nitrogen and oxygen atoms in total. The third kappa shape index (κ3) is 4.22. The van der Waals surface area contributed by atoms with Gasteiger partial charge in [0.25, 0.3) is 5.56 Å². The highest BCUT2D eigenvalue weighted by atomic mass is 35.5. The largest absolute Gasteiger partial charge is 0.494 e. The fourth-order valence-corrected chi connectivity index (χ4v) is 3.40. The fourth-order valence-electron chi connectivity index (χ4n) is 2.29. The molecular weight excluding hydrogens is 441 g/mol. The van der Waals surface area contributed by atoms with Gasteiger partial charge in [-0.15, -0.1) is 16.9 Å². The normalized spacial score (nSPS) is 10.4. The summed E-state index contributed by atoms with van der Waals surface area (Å²) in [5.41, 5.74) is -2.08. The number of nitrogens with one attached hydrogen (secondary N) is 1. The summed E-state index contributed by atoms with van der Waals surface area (Å²) < 4.78 is 11.7. The molecule has 0 saturated heterocycles. The van der Waals surface area contributed by atoms with Gasteiger partial charge in [0.15, 0.2) is 11.5 Å². The highest BCUT2D eigenvalue weighted by molar-refractivity contribution is 7.98. The second kappa shape index (κ2) is 8.57. The van der Waals surface area contributed by atoms with Crippen LogP contribution < -0.4 is 20.7 Å². The fraction of sp³-hybridized carbons (Fsp3) is 0.118. The van der Waals surface area contributed by atoms with E-state index in [-0.39, 0.29) is 27.4 Å². The van der Waals surface area contributed by atoms with Gasteiger partial charge in [0, 0.05) is 6.07 Å². The zero-order valence-corrected chi connectivity index (χ0v) is 17.2. The molecule has 148 valence electrons. The van der Waals surface area contributed by atoms with Crippen molar-refractivity contribution >= 4 is 35.0 Å². The van der Waals surface area contributed by atoms with E-state index in [9.17, 15) is 9.59 Å². The first-order chi connectivity index (χ1) is 13.9. The van der Waals surface area contributed by atoms with Crippen molar-refractivity contribution in [3.63, 3.8) is 0 Å². The Balaban J connectivity index is 2.03. The Morgan fingerprint density at radius 2 is 1.93 bits per heavy atom. The van der Waals surface area contributed by atoms with Crippen molar-refractivity contribution in [3.05, 3.63) is 61.0 Å². The number of hydrogen-bond acceptors (Lipinski definition) is 8. The molecule has 3 aromatic rings. The zero-order chi connectivity index (χ0) is 21.1. The first-order valence-corrected chi connectivity index (χ1v) is 9.75. The van der Waals surface area contributed by atoms with E-state index in [0.717, 1.165) is 9.58 Å². The van der Waals surface area contributed by atoms with Crippen molar-refractivity contribution in [1.82, 2.24) is 19.7 Å². The average molecular weight is 452 g/mol. The molecule has 3 rings (SSSR count). The van der Waals surface area contributed by atoms with E-state index in [4.69, 9.17) is 37.9 Å². The summed E-state index contributed by atoms with van der Waals surface area (Å²) in [6, 6.07) is 5.98. The minimum absolute atomic E-state index is 0.0641. The summed E-state index contributed by atoms with van der Waals surface area (Å²) in [5, 5.41) is 12.8. The molecule has 0 amide bonds. The molecule has 29 heavy (non-hydrogen) atoms. The Hall–Kier alpha value is -3.00. The van der Waals surface area contributed by atoms with Crippen molar-refractivity contribution in [2.75, 3.05) is 13.4 Å². The summed E-state index contributed by atoms with van der Waals surface area (Å²) in [6.07, 6.45) is 3.38. The lowest BCUT2D eigenvalue weighted by atomic mass is 10.3. The number of aromatic nitrogens is 4. The van der Waals surface area contributed by atoms with Crippen LogP contribution in [0.3, 0.4) is 0 Å². The molecule has 0 unspecified atom stereocenters. The lowest BCUT2D eigenvalue weighted by Gasteiger charge is -2.13. The van der Waals surface area contributed by atoms with Crippen LogP contribution in [0, 0.1) is 11.3 Å². The van der Waals surface area contributed by atoms with E-state index in [1.54, 1.807) is 12.1 Å². The van der Waals surface area contributed by atoms with Gasteiger partial charge in [-0.2, -0.15) is 9.94 Å². The first-order valence-electron chi connectivity index (χ1n) is 7.77. The Kier molecular flexibility index (Phi) is 6.12. The highest BCUT2D eigenvalue weighted by Crippen LogP contribution is 2.39. The standard InChI is InChI=1S/C17H11Cl2N5O4S/c1-27-12-7-21-14(5-13(12)29-2)28-15-9(18)3-8(4-10(15)19)24-17(26)22-16(25)11(6-20)23-24/h3-5,7H,1-2H3,(H,22,25,26). The van der Waals surface area contributed by atoms with Gasteiger partial charge in [0.1, 0.15) is 6.07 Å². The number of pyridine rings is 1. The molecular formula is C17H11Cl2N5O4S. The Morgan fingerprint density at radius 1 is 1.24 bits per heavy atom. The second-order valence-electron chi connectivity index (χ2n) is 5.35. The summed E-state index contributed by atoms with van der Waals surface area (Å²) >= 11 is 14.0. The summed E-state index contributed by atoms with van der Waals surface area (Å²) in [7, 11) is 1.54. The molecule has 0 aliphatic carbocycles. The van der Waals surface area contributed by atoms with Gasteiger partial charge in [-0.1, -0.05) is 23.2 Å². The van der Waals surface area contributed by atoms with E-state index >= 15 is 0 Å². The van der Waals surface area contributed by atoms with Gasteiger partial charge < -0.3 is 9.47 Å². The lowest BCUT2D eigenvalue weighted by Crippen LogP contribution is -2.33. The number of methoxy groups -OCH3 is 1. The quantitative estimate of drug-likeness (QED) is 0.586. The number of hydrogen-bond donors (Lipinski definition) is 1. The number of rotatable bonds is 5. The van der Waals surface area contributed by atoms with Gasteiger partial charge in [-0.05, 0) is 18.4 Å². The van der Waals surface area contributed by atoms with Crippen molar-refractivity contribution < 1.29 is 9.47 Å². The van der Waals surface area contributed by atoms with E-state index in [2.05, 4.69) is 10.1 Å². The third-order valence-corrected chi connectivity index (χ3v) is 4.93. The monoisotopic (exact) mass is 451 g/mol. The molecule has 0 saturated carbocycles. The number of halogens is 2. The maximum atomic E-state index is 12.0. The number of benzene rings is 1. The molecule has 0 spiro atoms. The maximum absolute atomic E-state index is 12.0. The Labute approximate surface area is 177 Å². The number of ether oxygens (including phenoxy) is 2. The number of nitrogens with zero attached hydrogens (tertiary/aromatic N) is 4. The predicted octanol–water partition coefficient (Wildman–Crippen LogP) is 3.02. The molecule has 0 radical (unpaired) electrons. The van der Waals surface area contributed by atoms with Crippen molar-refractivity contribution in [2.45, 2.75) is 4.90 Å². The number of thioether (sulfide) groups is 1. The van der Waals surface area contributed by atoms with Crippen LogP contribution in [-0.4, -0.2) is 33.1 Å². The number of aromatic amines is 1. The molecule has 1 aromatic carbocycles. The summed E-state index contributed by atoms with van der Waals surface area (Å²) in [5.74, 6) is 0.937. The van der Waals surface area contributed by atoms with Crippen LogP contribution >= 0.6 is 35.0 Å². The lowest BCUT2D eigenvalue weighted by molar-refractivity contribution is 0.397. The summed E-state index contributed by atoms with van der Waals surface area (Å²) in [4.78, 5) is 30.5. The van der Waals surface area contributed by atoms with Crippen LogP contribution in [-0.2, 0) is 0 Å². The van der Waals surface area contributed by atoms with Crippen LogP contribution in [0.2, 0.25) is 10.0 Å². The van der Waals surface area contributed by atoms with Crippen molar-refractivity contribution in [3.8, 4) is 29.1 Å². The van der Waals surface area contributed by atoms with Crippen molar-refractivity contribution in [1.29, 1.82) is 5.26 Å². The smallest absolute Gasteiger partial charge is 0.349 e. The number of H-pyrrole nitrogens is 1. The van der Waals surface area contributed by atoms with Gasteiger partial charge in [-0.3, -0.25) is 9.78 Å². The molecule has 0 aliphatic heterocycles. The molecule has 2 heterocycles. The molecule has 2 aromatic heterocycles. The molecule has 1 N–H and O–H groups in total. The van der Waals surface area contributed by atoms with Crippen LogP contribution in [0.4, 0.5) is 0 Å². The van der Waals surface area contributed by atoms with Gasteiger partial charge in [0.05, 0.1) is 33.9 Å². The van der Waals surface area contributed by atoms with E-state index in [0.29, 0.717) is 5.75 Å². The summed E-state index contributed by atoms with van der Waals surface area (Å²) in [6.45, 7) is 0. The maximum Gasteiger partial charge on any atom is 0.349 e. The Bertz CT molecular complexity index is 1230. The molecule has 0 aliphatic rings. The molecule has 0 fully saturated rings. The van der Waals surface area contributed by atoms with E-state index in [1.165, 1.54) is 37.2 Å². The predicted molar refractivity (Wildman–Crippen MR) is 108 cm³/mol. The first kappa shape index (κ1) is 20.7. The topological polar surface area (TPSA) is 123 Å². The minimum atomic E-state index is -0.888. The van der Waals surface area contributed by atoms with E-state index < -0.39 is 16.9 Å². The third-order valence-electron chi connectivity index (χ3n) is 3.61. The van der Waals surface area contributed by atoms with Gasteiger partial charge >= 0.3 is 5.69 Å². The van der Waals surface area contributed by atoms with Crippen LogP contribution in [0.1, 0.15) is 5.69 Å². The zero-order valence-electron chi connectivity index (χ0n) is 14.9. The van der Waals surface area contributed by atoms with Crippen LogP contribution in [0.15, 0.2) is 38.9 Å². The van der Waals surface area contributed by atoms with Gasteiger partial charge in [0.2, 0.25) is 11.6 Å². The SMILES string of the molecule is COc1cnc(Oc2c(Cl)cc(-n3nc(C#N)c(=O)[nH]c3=O)cc2Cl)cc1SC. The number of nitriles is 1. The van der Waals surface area contributed by atoms with Crippen LogP contribution in [0.25, 0.3) is 5.69 Å².